The smallest absolute Gasteiger partial charge is 0.115 e. The highest BCUT2D eigenvalue weighted by Gasteiger charge is 2.55. The molecule has 122 valence electrons. The Kier molecular flexibility index (Phi) is 3.77. The number of benzene rings is 1. The number of ether oxygens (including phenoxy) is 1. The Balaban J connectivity index is 2.02. The van der Waals surface area contributed by atoms with E-state index in [0.717, 1.165) is 25.9 Å². The van der Waals surface area contributed by atoms with Crippen molar-refractivity contribution in [3.8, 4) is 5.75 Å². The van der Waals surface area contributed by atoms with Gasteiger partial charge in [-0.1, -0.05) is 26.8 Å². The van der Waals surface area contributed by atoms with Gasteiger partial charge in [0.05, 0.1) is 6.10 Å². The summed E-state index contributed by atoms with van der Waals surface area (Å²) in [5.41, 5.74) is 3.06. The third kappa shape index (κ3) is 2.17. The Labute approximate surface area is 134 Å². The van der Waals surface area contributed by atoms with Crippen LogP contribution in [0.15, 0.2) is 18.2 Å². The van der Waals surface area contributed by atoms with Gasteiger partial charge in [0.15, 0.2) is 0 Å². The van der Waals surface area contributed by atoms with Crippen LogP contribution in [0.3, 0.4) is 0 Å². The van der Waals surface area contributed by atoms with E-state index in [0.29, 0.717) is 11.8 Å². The van der Waals surface area contributed by atoms with E-state index in [2.05, 4.69) is 38.7 Å². The Bertz CT molecular complexity index is 569. The number of likely N-dealkylation sites (tertiary alicyclic amines) is 1. The van der Waals surface area contributed by atoms with Gasteiger partial charge in [-0.05, 0) is 55.0 Å². The van der Waals surface area contributed by atoms with Gasteiger partial charge in [-0.15, -0.1) is 0 Å². The highest BCUT2D eigenvalue weighted by atomic mass is 16.5. The van der Waals surface area contributed by atoms with Crippen LogP contribution >= 0.6 is 0 Å². The van der Waals surface area contributed by atoms with Gasteiger partial charge in [-0.25, -0.2) is 0 Å². The van der Waals surface area contributed by atoms with Crippen LogP contribution in [0.2, 0.25) is 0 Å². The molecule has 0 radical (unpaired) electrons. The zero-order valence-electron chi connectivity index (χ0n) is 14.5. The zero-order chi connectivity index (χ0) is 16.1. The Morgan fingerprint density at radius 2 is 2.09 bits per heavy atom. The van der Waals surface area contributed by atoms with Gasteiger partial charge in [0.25, 0.3) is 0 Å². The highest BCUT2D eigenvalue weighted by Crippen LogP contribution is 2.56. The van der Waals surface area contributed by atoms with E-state index < -0.39 is 0 Å². The molecule has 3 rings (SSSR count). The van der Waals surface area contributed by atoms with Gasteiger partial charge in [-0.3, -0.25) is 4.90 Å². The van der Waals surface area contributed by atoms with Crippen molar-refractivity contribution in [1.82, 2.24) is 4.90 Å². The van der Waals surface area contributed by atoms with Crippen molar-refractivity contribution >= 4 is 0 Å². The zero-order valence-corrected chi connectivity index (χ0v) is 14.5. The summed E-state index contributed by atoms with van der Waals surface area (Å²) in [5, 5.41) is 9.95. The van der Waals surface area contributed by atoms with Crippen molar-refractivity contribution in [3.05, 3.63) is 29.3 Å². The predicted octanol–water partition coefficient (Wildman–Crippen LogP) is 3.34. The minimum Gasteiger partial charge on any atom is -0.508 e. The van der Waals surface area contributed by atoms with Crippen molar-refractivity contribution in [2.45, 2.75) is 58.1 Å². The van der Waals surface area contributed by atoms with Crippen LogP contribution < -0.4 is 0 Å². The summed E-state index contributed by atoms with van der Waals surface area (Å²) in [5.74, 6) is 0.393. The molecule has 1 aliphatic heterocycles. The number of piperidine rings is 1. The SMILES string of the molecule is CO[C@H](C)CN1CC[C@@]2(C)c3cc(O)ccc3C[C@@H]1C2(C)C. The molecule has 2 aliphatic rings. The number of phenolic OH excluding ortho intramolecular Hbond substituents is 1. The average molecular weight is 303 g/mol. The summed E-state index contributed by atoms with van der Waals surface area (Å²) < 4.78 is 5.49. The number of fused-ring (bicyclic) bond motifs is 4. The Morgan fingerprint density at radius 1 is 1.36 bits per heavy atom. The molecule has 1 N–H and O–H groups in total. The summed E-state index contributed by atoms with van der Waals surface area (Å²) in [7, 11) is 1.79. The van der Waals surface area contributed by atoms with Gasteiger partial charge in [0, 0.05) is 25.1 Å². The lowest BCUT2D eigenvalue weighted by Gasteiger charge is -2.61. The summed E-state index contributed by atoms with van der Waals surface area (Å²) >= 11 is 0. The molecule has 1 aromatic rings. The van der Waals surface area contributed by atoms with Gasteiger partial charge < -0.3 is 9.84 Å². The fourth-order valence-corrected chi connectivity index (χ4v) is 4.62. The maximum atomic E-state index is 9.95. The van der Waals surface area contributed by atoms with Gasteiger partial charge in [-0.2, -0.15) is 0 Å². The molecule has 0 spiro atoms. The Hall–Kier alpha value is -1.06. The standard InChI is InChI=1S/C19H29NO2/c1-13(22-5)12-20-9-8-19(4)16-11-15(21)7-6-14(16)10-17(20)18(19,2)3/h6-7,11,13,17,21H,8-10,12H2,1-5H3/t13-,17-,19+/m1/s1. The molecule has 1 aromatic carbocycles. The largest absolute Gasteiger partial charge is 0.508 e. The molecular weight excluding hydrogens is 274 g/mol. The lowest BCUT2D eigenvalue weighted by atomic mass is 9.51. The van der Waals surface area contributed by atoms with Crippen LogP contribution in [0.25, 0.3) is 0 Å². The van der Waals surface area contributed by atoms with Crippen LogP contribution in [0, 0.1) is 5.41 Å². The van der Waals surface area contributed by atoms with Gasteiger partial charge in [0.2, 0.25) is 0 Å². The average Bonchev–Trinajstić information content (AvgIpc) is 2.46. The number of hydrogen-bond donors (Lipinski definition) is 1. The third-order valence-corrected chi connectivity index (χ3v) is 6.59. The van der Waals surface area contributed by atoms with Crippen molar-refractivity contribution in [2.24, 2.45) is 5.41 Å². The molecule has 1 fully saturated rings. The van der Waals surface area contributed by atoms with E-state index in [1.54, 1.807) is 7.11 Å². The summed E-state index contributed by atoms with van der Waals surface area (Å²) in [6, 6.07) is 6.48. The maximum Gasteiger partial charge on any atom is 0.115 e. The molecule has 1 aliphatic carbocycles. The van der Waals surface area contributed by atoms with Crippen LogP contribution in [-0.4, -0.2) is 42.4 Å². The predicted molar refractivity (Wildman–Crippen MR) is 89.4 cm³/mol. The summed E-state index contributed by atoms with van der Waals surface area (Å²) in [6.45, 7) is 11.4. The molecular formula is C19H29NO2. The number of hydrogen-bond acceptors (Lipinski definition) is 3. The van der Waals surface area contributed by atoms with Gasteiger partial charge in [0.1, 0.15) is 5.75 Å². The molecule has 0 aromatic heterocycles. The molecule has 1 heterocycles. The number of rotatable bonds is 3. The first kappa shape index (κ1) is 15.8. The third-order valence-electron chi connectivity index (χ3n) is 6.59. The fourth-order valence-electron chi connectivity index (χ4n) is 4.62. The second-order valence-electron chi connectivity index (χ2n) is 7.91. The lowest BCUT2D eigenvalue weighted by molar-refractivity contribution is -0.0569. The second-order valence-corrected chi connectivity index (χ2v) is 7.91. The summed E-state index contributed by atoms with van der Waals surface area (Å²) in [4.78, 5) is 2.62. The van der Waals surface area contributed by atoms with E-state index >= 15 is 0 Å². The number of aromatic hydroxyl groups is 1. The number of nitrogens with zero attached hydrogens (tertiary/aromatic N) is 1. The number of methoxy groups -OCH3 is 1. The quantitative estimate of drug-likeness (QED) is 0.929. The van der Waals surface area contributed by atoms with Crippen LogP contribution in [0.1, 0.15) is 45.2 Å². The van der Waals surface area contributed by atoms with Crippen molar-refractivity contribution < 1.29 is 9.84 Å². The minimum atomic E-state index is 0.122. The summed E-state index contributed by atoms with van der Waals surface area (Å²) in [6.07, 6.45) is 2.46. The van der Waals surface area contributed by atoms with Crippen LogP contribution in [0.5, 0.6) is 5.75 Å². The van der Waals surface area contributed by atoms with E-state index in [4.69, 9.17) is 4.74 Å². The second kappa shape index (κ2) is 5.24. The topological polar surface area (TPSA) is 32.7 Å². The molecule has 3 atom stereocenters. The normalized spacial score (nSPS) is 31.6. The van der Waals surface area contributed by atoms with E-state index in [1.807, 2.05) is 12.1 Å². The molecule has 2 bridgehead atoms. The van der Waals surface area contributed by atoms with E-state index in [1.165, 1.54) is 11.1 Å². The Morgan fingerprint density at radius 3 is 2.77 bits per heavy atom. The van der Waals surface area contributed by atoms with Crippen LogP contribution in [0.4, 0.5) is 0 Å². The monoisotopic (exact) mass is 303 g/mol. The van der Waals surface area contributed by atoms with Crippen molar-refractivity contribution in [2.75, 3.05) is 20.2 Å². The molecule has 0 saturated carbocycles. The molecule has 0 unspecified atom stereocenters. The van der Waals surface area contributed by atoms with Crippen molar-refractivity contribution in [3.63, 3.8) is 0 Å². The highest BCUT2D eigenvalue weighted by molar-refractivity contribution is 5.45. The van der Waals surface area contributed by atoms with Gasteiger partial charge >= 0.3 is 0 Å². The molecule has 3 heteroatoms. The van der Waals surface area contributed by atoms with E-state index in [9.17, 15) is 5.11 Å². The molecule has 1 saturated heterocycles. The first-order chi connectivity index (χ1) is 10.3. The molecule has 3 nitrogen and oxygen atoms in total. The first-order valence-electron chi connectivity index (χ1n) is 8.39. The molecule has 22 heavy (non-hydrogen) atoms. The minimum absolute atomic E-state index is 0.122. The maximum absolute atomic E-state index is 9.95. The van der Waals surface area contributed by atoms with E-state index in [-0.39, 0.29) is 16.9 Å². The first-order valence-corrected chi connectivity index (χ1v) is 8.39. The lowest BCUT2D eigenvalue weighted by Crippen LogP contribution is -2.64. The van der Waals surface area contributed by atoms with Crippen LogP contribution in [-0.2, 0) is 16.6 Å². The van der Waals surface area contributed by atoms with Crippen molar-refractivity contribution in [1.29, 1.82) is 0 Å². The number of phenols is 1. The molecule has 0 amide bonds. The fraction of sp³-hybridized carbons (Fsp3) is 0.684.